The smallest absolute Gasteiger partial charge is 0.275 e. The van der Waals surface area contributed by atoms with Gasteiger partial charge in [-0.05, 0) is 72.4 Å². The number of anilines is 1. The van der Waals surface area contributed by atoms with Gasteiger partial charge in [0.15, 0.2) is 0 Å². The minimum atomic E-state index is -0.976. The molecule has 5 nitrogen and oxygen atoms in total. The van der Waals surface area contributed by atoms with Gasteiger partial charge in [0.1, 0.15) is 17.6 Å². The third kappa shape index (κ3) is 6.11. The molecule has 200 valence electrons. The molecule has 5 rings (SSSR count). The van der Waals surface area contributed by atoms with Crippen LogP contribution in [0, 0.1) is 5.82 Å². The molecule has 1 fully saturated rings. The normalized spacial score (nSPS) is 14.5. The molecule has 1 atom stereocenters. The number of nitrogens with one attached hydrogen (secondary N) is 2. The van der Waals surface area contributed by atoms with Gasteiger partial charge in [-0.3, -0.25) is 14.5 Å². The maximum absolute atomic E-state index is 14.3. The summed E-state index contributed by atoms with van der Waals surface area (Å²) >= 11 is 0. The van der Waals surface area contributed by atoms with Gasteiger partial charge in [0.05, 0.1) is 0 Å². The molecule has 2 N–H and O–H groups in total. The van der Waals surface area contributed by atoms with Gasteiger partial charge in [0, 0.05) is 17.4 Å². The molecule has 0 radical (unpaired) electrons. The van der Waals surface area contributed by atoms with Gasteiger partial charge in [-0.2, -0.15) is 0 Å². The Morgan fingerprint density at radius 3 is 2.26 bits per heavy atom. The second-order valence-electron chi connectivity index (χ2n) is 10.1. The Hall–Kier alpha value is -4.19. The molecule has 0 aliphatic heterocycles. The first-order valence-corrected chi connectivity index (χ1v) is 13.8. The number of carbonyl (C=O) groups is 2. The number of benzene rings is 3. The Bertz CT molecular complexity index is 1390. The summed E-state index contributed by atoms with van der Waals surface area (Å²) in [5.74, 6) is -1.00. The number of hydrogen-bond acceptors (Lipinski definition) is 2. The molecular formula is C33H34FN3O2. The Labute approximate surface area is 229 Å². The third-order valence-corrected chi connectivity index (χ3v) is 7.49. The van der Waals surface area contributed by atoms with Crippen LogP contribution in [0.1, 0.15) is 66.7 Å². The molecule has 1 saturated carbocycles. The molecule has 1 aliphatic rings. The summed E-state index contributed by atoms with van der Waals surface area (Å²) in [7, 11) is 0. The standard InChI is InChI=1S/C33H34FN3O2/c1-2-23-13-19-28(20-14-23)37(33(39)30-22-21-29(36-30)24-9-5-3-6-10-24)31(25-15-17-26(34)18-16-25)32(38)35-27-11-7-4-8-12-27/h3,5-6,9-10,13-22,27,31,36H,2,4,7-8,11-12H2,1H3,(H,35,38)/t31-/m1/s1. The van der Waals surface area contributed by atoms with Crippen molar-refractivity contribution in [2.24, 2.45) is 0 Å². The molecular weight excluding hydrogens is 489 g/mol. The lowest BCUT2D eigenvalue weighted by molar-refractivity contribution is -0.123. The van der Waals surface area contributed by atoms with E-state index in [2.05, 4.69) is 17.2 Å². The number of aromatic nitrogens is 1. The summed E-state index contributed by atoms with van der Waals surface area (Å²) in [6.45, 7) is 2.07. The van der Waals surface area contributed by atoms with Crippen LogP contribution in [-0.4, -0.2) is 22.8 Å². The maximum atomic E-state index is 14.3. The zero-order chi connectivity index (χ0) is 27.2. The van der Waals surface area contributed by atoms with E-state index < -0.39 is 11.9 Å². The topological polar surface area (TPSA) is 65.2 Å². The zero-order valence-corrected chi connectivity index (χ0v) is 22.2. The minimum Gasteiger partial charge on any atom is -0.351 e. The Balaban J connectivity index is 1.57. The second-order valence-corrected chi connectivity index (χ2v) is 10.1. The lowest BCUT2D eigenvalue weighted by atomic mass is 9.94. The van der Waals surface area contributed by atoms with Gasteiger partial charge in [0.25, 0.3) is 5.91 Å². The SMILES string of the molecule is CCc1ccc(N(C(=O)c2ccc(-c3ccccc3)[nH]2)[C@@H](C(=O)NC2CCCCC2)c2ccc(F)cc2)cc1. The van der Waals surface area contributed by atoms with Crippen molar-refractivity contribution in [1.29, 1.82) is 0 Å². The number of hydrogen-bond donors (Lipinski definition) is 2. The van der Waals surface area contributed by atoms with E-state index in [1.807, 2.05) is 60.7 Å². The highest BCUT2D eigenvalue weighted by molar-refractivity contribution is 6.09. The maximum Gasteiger partial charge on any atom is 0.275 e. The molecule has 0 bridgehead atoms. The molecule has 3 aromatic carbocycles. The van der Waals surface area contributed by atoms with E-state index in [4.69, 9.17) is 0 Å². The van der Waals surface area contributed by atoms with Gasteiger partial charge in [0.2, 0.25) is 5.91 Å². The Morgan fingerprint density at radius 2 is 1.59 bits per heavy atom. The first-order valence-electron chi connectivity index (χ1n) is 13.8. The molecule has 1 aliphatic carbocycles. The zero-order valence-electron chi connectivity index (χ0n) is 22.2. The lowest BCUT2D eigenvalue weighted by Gasteiger charge is -2.33. The number of carbonyl (C=O) groups excluding carboxylic acids is 2. The quantitative estimate of drug-likeness (QED) is 0.256. The van der Waals surface area contributed by atoms with E-state index in [1.165, 1.54) is 23.5 Å². The van der Waals surface area contributed by atoms with Crippen molar-refractivity contribution >= 4 is 17.5 Å². The van der Waals surface area contributed by atoms with Crippen LogP contribution in [0.4, 0.5) is 10.1 Å². The molecule has 4 aromatic rings. The van der Waals surface area contributed by atoms with Gasteiger partial charge >= 0.3 is 0 Å². The molecule has 1 aromatic heterocycles. The number of aromatic amines is 1. The van der Waals surface area contributed by atoms with E-state index in [9.17, 15) is 14.0 Å². The largest absolute Gasteiger partial charge is 0.351 e. The molecule has 39 heavy (non-hydrogen) atoms. The Kier molecular flexibility index (Phi) is 8.21. The van der Waals surface area contributed by atoms with Crippen LogP contribution in [0.2, 0.25) is 0 Å². The fourth-order valence-electron chi connectivity index (χ4n) is 5.30. The second kappa shape index (κ2) is 12.1. The number of amides is 2. The van der Waals surface area contributed by atoms with E-state index >= 15 is 0 Å². The van der Waals surface area contributed by atoms with Gasteiger partial charge in [-0.25, -0.2) is 4.39 Å². The van der Waals surface area contributed by atoms with Crippen LogP contribution in [-0.2, 0) is 11.2 Å². The van der Waals surface area contributed by atoms with Crippen molar-refractivity contribution in [2.45, 2.75) is 57.5 Å². The molecule has 1 heterocycles. The van der Waals surface area contributed by atoms with E-state index in [0.717, 1.165) is 48.9 Å². The van der Waals surface area contributed by atoms with Gasteiger partial charge < -0.3 is 10.3 Å². The monoisotopic (exact) mass is 523 g/mol. The van der Waals surface area contributed by atoms with E-state index in [0.29, 0.717) is 16.9 Å². The van der Waals surface area contributed by atoms with Crippen LogP contribution in [0.25, 0.3) is 11.3 Å². The average Bonchev–Trinajstić information content (AvgIpc) is 3.48. The first-order chi connectivity index (χ1) is 19.0. The summed E-state index contributed by atoms with van der Waals surface area (Å²) in [6.07, 6.45) is 5.99. The summed E-state index contributed by atoms with van der Waals surface area (Å²) in [6, 6.07) is 26.0. The van der Waals surface area contributed by atoms with Crippen LogP contribution in [0.5, 0.6) is 0 Å². The van der Waals surface area contributed by atoms with Crippen molar-refractivity contribution in [1.82, 2.24) is 10.3 Å². The summed E-state index contributed by atoms with van der Waals surface area (Å²) in [5.41, 5.74) is 4.41. The molecule has 2 amide bonds. The third-order valence-electron chi connectivity index (χ3n) is 7.49. The van der Waals surface area contributed by atoms with Crippen LogP contribution in [0.15, 0.2) is 91.0 Å². The number of H-pyrrole nitrogens is 1. The first kappa shape index (κ1) is 26.4. The van der Waals surface area contributed by atoms with Crippen molar-refractivity contribution in [2.75, 3.05) is 4.90 Å². The summed E-state index contributed by atoms with van der Waals surface area (Å²) in [4.78, 5) is 33.0. The highest BCUT2D eigenvalue weighted by Gasteiger charge is 2.35. The fraction of sp³-hybridized carbons (Fsp3) is 0.273. The molecule has 0 saturated heterocycles. The van der Waals surface area contributed by atoms with Gasteiger partial charge in [-0.15, -0.1) is 0 Å². The minimum absolute atomic E-state index is 0.0591. The van der Waals surface area contributed by atoms with Crippen molar-refractivity contribution in [3.63, 3.8) is 0 Å². The fourth-order valence-corrected chi connectivity index (χ4v) is 5.30. The predicted octanol–water partition coefficient (Wildman–Crippen LogP) is 7.22. The highest BCUT2D eigenvalue weighted by Crippen LogP contribution is 2.32. The molecule has 0 unspecified atom stereocenters. The van der Waals surface area contributed by atoms with Crippen molar-refractivity contribution < 1.29 is 14.0 Å². The van der Waals surface area contributed by atoms with E-state index in [1.54, 1.807) is 18.2 Å². The number of nitrogens with zero attached hydrogens (tertiary/aromatic N) is 1. The number of aryl methyl sites for hydroxylation is 1. The Morgan fingerprint density at radius 1 is 0.897 bits per heavy atom. The van der Waals surface area contributed by atoms with Crippen molar-refractivity contribution in [3.05, 3.63) is 114 Å². The van der Waals surface area contributed by atoms with Crippen molar-refractivity contribution in [3.8, 4) is 11.3 Å². The van der Waals surface area contributed by atoms with Crippen LogP contribution in [0.3, 0.4) is 0 Å². The molecule has 6 heteroatoms. The average molecular weight is 524 g/mol. The molecule has 0 spiro atoms. The summed E-state index contributed by atoms with van der Waals surface area (Å²) in [5, 5.41) is 3.21. The number of halogens is 1. The highest BCUT2D eigenvalue weighted by atomic mass is 19.1. The van der Waals surface area contributed by atoms with Crippen LogP contribution < -0.4 is 10.2 Å². The van der Waals surface area contributed by atoms with Crippen LogP contribution >= 0.6 is 0 Å². The van der Waals surface area contributed by atoms with E-state index in [-0.39, 0.29) is 17.9 Å². The predicted molar refractivity (Wildman–Crippen MR) is 153 cm³/mol. The number of rotatable bonds is 8. The van der Waals surface area contributed by atoms with Gasteiger partial charge in [-0.1, -0.05) is 80.8 Å². The summed E-state index contributed by atoms with van der Waals surface area (Å²) < 4.78 is 13.9. The lowest BCUT2D eigenvalue weighted by Crippen LogP contribution is -2.47.